The summed E-state index contributed by atoms with van der Waals surface area (Å²) in [4.78, 5) is 14.1. The van der Waals surface area contributed by atoms with Crippen molar-refractivity contribution in [3.8, 4) is 0 Å². The summed E-state index contributed by atoms with van der Waals surface area (Å²) in [6.45, 7) is 2.17. The van der Waals surface area contributed by atoms with Gasteiger partial charge < -0.3 is 15.0 Å². The summed E-state index contributed by atoms with van der Waals surface area (Å²) in [5.41, 5.74) is 0. The minimum atomic E-state index is -0.263. The molecule has 0 radical (unpaired) electrons. The Bertz CT molecular complexity index is 233. The van der Waals surface area contributed by atoms with E-state index in [-0.39, 0.29) is 12.0 Å². The van der Waals surface area contributed by atoms with Gasteiger partial charge in [-0.25, -0.2) is 0 Å². The van der Waals surface area contributed by atoms with Gasteiger partial charge in [-0.2, -0.15) is 0 Å². The van der Waals surface area contributed by atoms with Crippen LogP contribution in [0, 0.1) is 0 Å². The summed E-state index contributed by atoms with van der Waals surface area (Å²) in [7, 11) is 1.93. The van der Waals surface area contributed by atoms with Crippen LogP contribution in [-0.4, -0.2) is 49.7 Å². The van der Waals surface area contributed by atoms with Crippen LogP contribution in [-0.2, 0) is 9.53 Å². The molecule has 1 aliphatic heterocycles. The molecule has 0 bridgehead atoms. The van der Waals surface area contributed by atoms with Crippen molar-refractivity contribution >= 4 is 5.91 Å². The maximum atomic E-state index is 12.2. The average Bonchev–Trinajstić information content (AvgIpc) is 2.39. The number of nitrogens with one attached hydrogen (secondary N) is 1. The number of hydrogen-bond donors (Lipinski definition) is 1. The maximum Gasteiger partial charge on any atom is 0.253 e. The van der Waals surface area contributed by atoms with Crippen LogP contribution in [0.5, 0.6) is 0 Å². The van der Waals surface area contributed by atoms with Gasteiger partial charge in [-0.15, -0.1) is 0 Å². The second kappa shape index (κ2) is 5.64. The molecule has 0 aromatic rings. The lowest BCUT2D eigenvalue weighted by atomic mass is 9.94. The quantitative estimate of drug-likeness (QED) is 0.756. The van der Waals surface area contributed by atoms with Gasteiger partial charge in [0.1, 0.15) is 6.10 Å². The largest absolute Gasteiger partial charge is 0.366 e. The van der Waals surface area contributed by atoms with Crippen LogP contribution in [0.4, 0.5) is 0 Å². The lowest BCUT2D eigenvalue weighted by Crippen LogP contribution is -2.51. The fraction of sp³-hybridized carbons (Fsp3) is 0.917. The highest BCUT2D eigenvalue weighted by molar-refractivity contribution is 5.81. The van der Waals surface area contributed by atoms with Crippen LogP contribution in [0.2, 0.25) is 0 Å². The summed E-state index contributed by atoms with van der Waals surface area (Å²) in [6.07, 6.45) is 5.88. The number of amides is 1. The van der Waals surface area contributed by atoms with E-state index in [9.17, 15) is 4.79 Å². The summed E-state index contributed by atoms with van der Waals surface area (Å²) < 4.78 is 5.50. The summed E-state index contributed by atoms with van der Waals surface area (Å²) >= 11 is 0. The highest BCUT2D eigenvalue weighted by atomic mass is 16.5. The van der Waals surface area contributed by atoms with Crippen LogP contribution in [0.25, 0.3) is 0 Å². The van der Waals surface area contributed by atoms with Crippen molar-refractivity contribution in [2.24, 2.45) is 0 Å². The minimum absolute atomic E-state index is 0.152. The van der Waals surface area contributed by atoms with Crippen LogP contribution in [0.1, 0.15) is 32.1 Å². The van der Waals surface area contributed by atoms with Crippen molar-refractivity contribution in [3.63, 3.8) is 0 Å². The molecular weight excluding hydrogens is 204 g/mol. The number of likely N-dealkylation sites (N-methyl/N-ethyl adjacent to an activating group) is 1. The monoisotopic (exact) mass is 226 g/mol. The zero-order chi connectivity index (χ0) is 11.4. The predicted octanol–water partition coefficient (Wildman–Crippen LogP) is 0.766. The molecular formula is C12H22N2O2. The van der Waals surface area contributed by atoms with Gasteiger partial charge in [0.05, 0.1) is 6.61 Å². The van der Waals surface area contributed by atoms with Crippen molar-refractivity contribution in [1.29, 1.82) is 0 Å². The Labute approximate surface area is 97.3 Å². The smallest absolute Gasteiger partial charge is 0.253 e. The van der Waals surface area contributed by atoms with Gasteiger partial charge in [-0.3, -0.25) is 4.79 Å². The molecule has 2 aliphatic rings. The third-order valence-electron chi connectivity index (χ3n) is 3.67. The first-order chi connectivity index (χ1) is 7.79. The van der Waals surface area contributed by atoms with Crippen LogP contribution in [0.3, 0.4) is 0 Å². The van der Waals surface area contributed by atoms with Crippen molar-refractivity contribution < 1.29 is 9.53 Å². The van der Waals surface area contributed by atoms with Gasteiger partial charge in [0.2, 0.25) is 0 Å². The highest BCUT2D eigenvalue weighted by Crippen LogP contribution is 2.22. The molecule has 1 aliphatic carbocycles. The Hall–Kier alpha value is -0.610. The Morgan fingerprint density at radius 1 is 1.31 bits per heavy atom. The summed E-state index contributed by atoms with van der Waals surface area (Å²) in [6, 6.07) is 0.437. The molecule has 0 spiro atoms. The van der Waals surface area contributed by atoms with Gasteiger partial charge >= 0.3 is 0 Å². The number of nitrogens with zero attached hydrogens (tertiary/aromatic N) is 1. The van der Waals surface area contributed by atoms with Crippen molar-refractivity contribution in [2.75, 3.05) is 26.7 Å². The first-order valence-corrected chi connectivity index (χ1v) is 6.38. The van der Waals surface area contributed by atoms with E-state index in [4.69, 9.17) is 4.74 Å². The maximum absolute atomic E-state index is 12.2. The zero-order valence-electron chi connectivity index (χ0n) is 10.1. The number of rotatable bonds is 2. The minimum Gasteiger partial charge on any atom is -0.366 e. The van der Waals surface area contributed by atoms with E-state index in [0.717, 1.165) is 19.4 Å². The lowest BCUT2D eigenvalue weighted by Gasteiger charge is -2.34. The van der Waals surface area contributed by atoms with E-state index in [1.54, 1.807) is 0 Å². The molecule has 0 aromatic heterocycles. The molecule has 92 valence electrons. The third-order valence-corrected chi connectivity index (χ3v) is 3.67. The molecule has 1 saturated heterocycles. The molecule has 0 aromatic carbocycles. The van der Waals surface area contributed by atoms with Crippen LogP contribution < -0.4 is 5.32 Å². The predicted molar refractivity (Wildman–Crippen MR) is 62.3 cm³/mol. The van der Waals surface area contributed by atoms with Crippen LogP contribution in [0.15, 0.2) is 0 Å². The first-order valence-electron chi connectivity index (χ1n) is 6.38. The van der Waals surface area contributed by atoms with Crippen molar-refractivity contribution in [1.82, 2.24) is 10.2 Å². The fourth-order valence-electron chi connectivity index (χ4n) is 2.60. The van der Waals surface area contributed by atoms with Crippen LogP contribution >= 0.6 is 0 Å². The van der Waals surface area contributed by atoms with E-state index >= 15 is 0 Å². The summed E-state index contributed by atoms with van der Waals surface area (Å²) in [5, 5.41) is 3.20. The molecule has 1 atom stereocenters. The Kier molecular flexibility index (Phi) is 4.18. The van der Waals surface area contributed by atoms with Gasteiger partial charge in [0, 0.05) is 26.2 Å². The number of carbonyl (C=O) groups is 1. The second-order valence-electron chi connectivity index (χ2n) is 4.80. The van der Waals surface area contributed by atoms with E-state index in [1.807, 2.05) is 11.9 Å². The zero-order valence-corrected chi connectivity index (χ0v) is 10.1. The molecule has 4 nitrogen and oxygen atoms in total. The molecule has 1 N–H and O–H groups in total. The van der Waals surface area contributed by atoms with Gasteiger partial charge in [-0.05, 0) is 12.8 Å². The van der Waals surface area contributed by atoms with E-state index in [1.165, 1.54) is 19.3 Å². The second-order valence-corrected chi connectivity index (χ2v) is 4.80. The molecule has 1 saturated carbocycles. The number of ether oxygens (including phenoxy) is 1. The standard InChI is InChI=1S/C12H22N2O2/c1-14(10-5-3-2-4-6-10)12(15)11-9-13-7-8-16-11/h10-11,13H,2-9H2,1H3. The molecule has 16 heavy (non-hydrogen) atoms. The van der Waals surface area contributed by atoms with Gasteiger partial charge in [-0.1, -0.05) is 19.3 Å². The number of hydrogen-bond acceptors (Lipinski definition) is 3. The van der Waals surface area contributed by atoms with Crippen molar-refractivity contribution in [2.45, 2.75) is 44.2 Å². The Morgan fingerprint density at radius 3 is 2.69 bits per heavy atom. The highest BCUT2D eigenvalue weighted by Gasteiger charge is 2.29. The third kappa shape index (κ3) is 2.74. The molecule has 2 rings (SSSR count). The molecule has 1 unspecified atom stereocenters. The Morgan fingerprint density at radius 2 is 2.06 bits per heavy atom. The SMILES string of the molecule is CN(C(=O)C1CNCCO1)C1CCCCC1. The van der Waals surface area contributed by atoms with Crippen molar-refractivity contribution in [3.05, 3.63) is 0 Å². The normalized spacial score (nSPS) is 27.7. The fourth-order valence-corrected chi connectivity index (χ4v) is 2.60. The molecule has 2 fully saturated rings. The lowest BCUT2D eigenvalue weighted by molar-refractivity contribution is -0.146. The van der Waals surface area contributed by atoms with E-state index in [0.29, 0.717) is 19.2 Å². The van der Waals surface area contributed by atoms with E-state index in [2.05, 4.69) is 5.32 Å². The van der Waals surface area contributed by atoms with E-state index < -0.39 is 0 Å². The molecule has 1 heterocycles. The molecule has 4 heteroatoms. The number of morpholine rings is 1. The van der Waals surface area contributed by atoms with Gasteiger partial charge in [0.15, 0.2) is 0 Å². The summed E-state index contributed by atoms with van der Waals surface area (Å²) in [5.74, 6) is 0.152. The molecule has 1 amide bonds. The first kappa shape index (κ1) is 11.9. The Balaban J connectivity index is 1.86. The number of carbonyl (C=O) groups excluding carboxylic acids is 1. The average molecular weight is 226 g/mol. The van der Waals surface area contributed by atoms with Gasteiger partial charge in [0.25, 0.3) is 5.91 Å². The topological polar surface area (TPSA) is 41.6 Å².